The van der Waals surface area contributed by atoms with Gasteiger partial charge in [0.1, 0.15) is 5.75 Å². The molecule has 1 aromatic carbocycles. The average molecular weight is 167 g/mol. The number of nitrogens with two attached hydrogens (primary N) is 1. The lowest BCUT2D eigenvalue weighted by Crippen LogP contribution is -2.04. The van der Waals surface area contributed by atoms with Crippen LogP contribution in [0, 0.1) is 0 Å². The van der Waals surface area contributed by atoms with E-state index in [1.165, 1.54) is 6.07 Å². The van der Waals surface area contributed by atoms with E-state index in [0.717, 1.165) is 5.56 Å². The maximum absolute atomic E-state index is 9.09. The molecule has 0 bridgehead atoms. The largest absolute Gasteiger partial charge is 0.506 e. The third kappa shape index (κ3) is 2.13. The number of aliphatic hydroxyl groups excluding tert-OH is 1. The summed E-state index contributed by atoms with van der Waals surface area (Å²) in [6.07, 6.45) is 0.179. The van der Waals surface area contributed by atoms with Crippen molar-refractivity contribution in [2.24, 2.45) is 0 Å². The highest BCUT2D eigenvalue weighted by Crippen LogP contribution is 2.20. The van der Waals surface area contributed by atoms with Gasteiger partial charge in [0.05, 0.1) is 11.8 Å². The molecule has 12 heavy (non-hydrogen) atoms. The highest BCUT2D eigenvalue weighted by molar-refractivity contribution is 5.53. The second kappa shape index (κ2) is 3.45. The molecule has 0 saturated carbocycles. The third-order valence-electron chi connectivity index (χ3n) is 1.62. The van der Waals surface area contributed by atoms with E-state index < -0.39 is 0 Å². The molecule has 0 heterocycles. The van der Waals surface area contributed by atoms with E-state index in [4.69, 9.17) is 15.9 Å². The summed E-state index contributed by atoms with van der Waals surface area (Å²) in [6.45, 7) is 1.71. The van der Waals surface area contributed by atoms with Crippen LogP contribution in [0.5, 0.6) is 5.75 Å². The van der Waals surface area contributed by atoms with Gasteiger partial charge in [0, 0.05) is 0 Å². The van der Waals surface area contributed by atoms with E-state index in [0.29, 0.717) is 12.1 Å². The quantitative estimate of drug-likeness (QED) is 0.453. The van der Waals surface area contributed by atoms with Gasteiger partial charge in [-0.2, -0.15) is 0 Å². The summed E-state index contributed by atoms with van der Waals surface area (Å²) in [5, 5.41) is 18.2. The molecule has 0 amide bonds. The van der Waals surface area contributed by atoms with E-state index in [9.17, 15) is 0 Å². The molecule has 1 aromatic rings. The standard InChI is InChI=1S/C9H13NO2/c1-6(11)4-7-2-3-9(12)8(10)5-7/h2-3,5-6,11-12H,4,10H2,1H3. The minimum atomic E-state index is -0.381. The Hall–Kier alpha value is -1.22. The zero-order valence-corrected chi connectivity index (χ0v) is 6.99. The van der Waals surface area contributed by atoms with Crippen molar-refractivity contribution in [1.29, 1.82) is 0 Å². The first-order valence-electron chi connectivity index (χ1n) is 3.85. The van der Waals surface area contributed by atoms with Crippen molar-refractivity contribution >= 4 is 5.69 Å². The van der Waals surface area contributed by atoms with Gasteiger partial charge in [-0.05, 0) is 31.0 Å². The molecule has 3 heteroatoms. The highest BCUT2D eigenvalue weighted by Gasteiger charge is 2.01. The van der Waals surface area contributed by atoms with Crippen molar-refractivity contribution in [2.45, 2.75) is 19.4 Å². The molecule has 4 N–H and O–H groups in total. The van der Waals surface area contributed by atoms with E-state index in [2.05, 4.69) is 0 Å². The number of hydrogen-bond acceptors (Lipinski definition) is 3. The first kappa shape index (κ1) is 8.87. The Morgan fingerprint density at radius 1 is 1.50 bits per heavy atom. The van der Waals surface area contributed by atoms with Gasteiger partial charge in [0.15, 0.2) is 0 Å². The smallest absolute Gasteiger partial charge is 0.138 e. The molecule has 0 aliphatic rings. The van der Waals surface area contributed by atoms with Gasteiger partial charge in [0.2, 0.25) is 0 Å². The van der Waals surface area contributed by atoms with Crippen LogP contribution >= 0.6 is 0 Å². The fraction of sp³-hybridized carbons (Fsp3) is 0.333. The predicted octanol–water partition coefficient (Wildman–Crippen LogP) is 0.898. The fourth-order valence-electron chi connectivity index (χ4n) is 1.07. The number of anilines is 1. The molecule has 1 atom stereocenters. The molecule has 3 nitrogen and oxygen atoms in total. The van der Waals surface area contributed by atoms with Crippen LogP contribution in [0.4, 0.5) is 5.69 Å². The number of nitrogen functional groups attached to an aromatic ring is 1. The number of rotatable bonds is 2. The van der Waals surface area contributed by atoms with Gasteiger partial charge >= 0.3 is 0 Å². The van der Waals surface area contributed by atoms with Crippen molar-refractivity contribution in [3.05, 3.63) is 23.8 Å². The highest BCUT2D eigenvalue weighted by atomic mass is 16.3. The van der Waals surface area contributed by atoms with Gasteiger partial charge < -0.3 is 15.9 Å². The predicted molar refractivity (Wildman–Crippen MR) is 47.9 cm³/mol. The molecule has 0 saturated heterocycles. The lowest BCUT2D eigenvalue weighted by atomic mass is 10.1. The third-order valence-corrected chi connectivity index (χ3v) is 1.62. The minimum absolute atomic E-state index is 0.0874. The van der Waals surface area contributed by atoms with E-state index in [1.807, 2.05) is 0 Å². The molecular weight excluding hydrogens is 154 g/mol. The normalized spacial score (nSPS) is 12.8. The Kier molecular flexibility index (Phi) is 2.55. The summed E-state index contributed by atoms with van der Waals surface area (Å²) >= 11 is 0. The van der Waals surface area contributed by atoms with Crippen LogP contribution in [0.3, 0.4) is 0 Å². The van der Waals surface area contributed by atoms with Crippen molar-refractivity contribution in [3.63, 3.8) is 0 Å². The first-order chi connectivity index (χ1) is 5.59. The van der Waals surface area contributed by atoms with Crippen LogP contribution in [-0.4, -0.2) is 16.3 Å². The number of hydrogen-bond donors (Lipinski definition) is 3. The van der Waals surface area contributed by atoms with Gasteiger partial charge in [-0.15, -0.1) is 0 Å². The van der Waals surface area contributed by atoms with Gasteiger partial charge in [-0.1, -0.05) is 6.07 Å². The van der Waals surface area contributed by atoms with Crippen molar-refractivity contribution < 1.29 is 10.2 Å². The van der Waals surface area contributed by atoms with E-state index >= 15 is 0 Å². The summed E-state index contributed by atoms with van der Waals surface area (Å²) in [6, 6.07) is 4.95. The van der Waals surface area contributed by atoms with Gasteiger partial charge in [-0.25, -0.2) is 0 Å². The van der Waals surface area contributed by atoms with Crippen LogP contribution in [-0.2, 0) is 6.42 Å². The number of aliphatic hydroxyl groups is 1. The average Bonchev–Trinajstić information content (AvgIpc) is 1.96. The van der Waals surface area contributed by atoms with Gasteiger partial charge in [0.25, 0.3) is 0 Å². The Labute approximate surface area is 71.5 Å². The molecule has 0 spiro atoms. The zero-order valence-electron chi connectivity index (χ0n) is 6.99. The summed E-state index contributed by atoms with van der Waals surface area (Å²) in [5.41, 5.74) is 6.75. The van der Waals surface area contributed by atoms with Crippen LogP contribution in [0.2, 0.25) is 0 Å². The number of phenols is 1. The Morgan fingerprint density at radius 3 is 2.67 bits per heavy atom. The summed E-state index contributed by atoms with van der Waals surface area (Å²) in [5.74, 6) is 0.0874. The summed E-state index contributed by atoms with van der Waals surface area (Å²) in [4.78, 5) is 0. The molecule has 0 fully saturated rings. The second-order valence-electron chi connectivity index (χ2n) is 2.95. The molecule has 0 aromatic heterocycles. The van der Waals surface area contributed by atoms with Crippen molar-refractivity contribution in [3.8, 4) is 5.75 Å². The maximum Gasteiger partial charge on any atom is 0.138 e. The van der Waals surface area contributed by atoms with Crippen molar-refractivity contribution in [2.75, 3.05) is 5.73 Å². The molecule has 0 aliphatic carbocycles. The Bertz CT molecular complexity index is 271. The summed E-state index contributed by atoms with van der Waals surface area (Å²) < 4.78 is 0. The molecule has 1 unspecified atom stereocenters. The molecule has 1 rings (SSSR count). The monoisotopic (exact) mass is 167 g/mol. The maximum atomic E-state index is 9.09. The lowest BCUT2D eigenvalue weighted by molar-refractivity contribution is 0.195. The zero-order chi connectivity index (χ0) is 9.14. The molecular formula is C9H13NO2. The van der Waals surface area contributed by atoms with E-state index in [-0.39, 0.29) is 11.9 Å². The number of aromatic hydroxyl groups is 1. The Morgan fingerprint density at radius 2 is 2.17 bits per heavy atom. The SMILES string of the molecule is CC(O)Cc1ccc(O)c(N)c1. The van der Waals surface area contributed by atoms with Crippen LogP contribution < -0.4 is 5.73 Å². The van der Waals surface area contributed by atoms with Crippen LogP contribution in [0.25, 0.3) is 0 Å². The molecule has 66 valence electrons. The van der Waals surface area contributed by atoms with Crippen molar-refractivity contribution in [1.82, 2.24) is 0 Å². The van der Waals surface area contributed by atoms with E-state index in [1.54, 1.807) is 19.1 Å². The fourth-order valence-corrected chi connectivity index (χ4v) is 1.07. The second-order valence-corrected chi connectivity index (χ2v) is 2.95. The number of phenolic OH excluding ortho intramolecular Hbond substituents is 1. The first-order valence-corrected chi connectivity index (χ1v) is 3.85. The minimum Gasteiger partial charge on any atom is -0.506 e. The molecule has 0 radical (unpaired) electrons. The van der Waals surface area contributed by atoms with Crippen LogP contribution in [0.15, 0.2) is 18.2 Å². The van der Waals surface area contributed by atoms with Gasteiger partial charge in [-0.3, -0.25) is 0 Å². The van der Waals surface area contributed by atoms with Crippen LogP contribution in [0.1, 0.15) is 12.5 Å². The summed E-state index contributed by atoms with van der Waals surface area (Å²) in [7, 11) is 0. The number of benzene rings is 1. The molecule has 0 aliphatic heterocycles. The lowest BCUT2D eigenvalue weighted by Gasteiger charge is -2.05. The Balaban J connectivity index is 2.82. The topological polar surface area (TPSA) is 66.5 Å².